The van der Waals surface area contributed by atoms with Crippen molar-refractivity contribution in [1.29, 1.82) is 0 Å². The van der Waals surface area contributed by atoms with E-state index in [4.69, 9.17) is 14.4 Å². The molecule has 12 rings (SSSR count). The summed E-state index contributed by atoms with van der Waals surface area (Å²) in [7, 11) is 0. The van der Waals surface area contributed by atoms with Gasteiger partial charge in [-0.1, -0.05) is 184 Å². The normalized spacial score (nSPS) is 12.8. The van der Waals surface area contributed by atoms with E-state index in [2.05, 4.69) is 202 Å². The number of benzene rings is 9. The standard InChI is InChI=1S/C59H40N2O/c1-59(2)52-28-12-10-22-47(52)48-31-30-39(35-53(48)59)44-21-8-9-23-49(44)55-36-54(60-58(61-55)38-17-4-3-5-18-38)42-33-40(45-25-14-19-37-16-6-7-20-43(37)45)32-41(34-42)46-26-15-27-51-50-24-11-13-29-56(50)62-57(46)51/h3-36H,1-2H3. The van der Waals surface area contributed by atoms with Gasteiger partial charge < -0.3 is 4.42 Å². The fraction of sp³-hybridized carbons (Fsp3) is 0.0508. The van der Waals surface area contributed by atoms with E-state index >= 15 is 0 Å². The molecule has 2 heterocycles. The summed E-state index contributed by atoms with van der Waals surface area (Å²) >= 11 is 0. The molecule has 0 radical (unpaired) electrons. The van der Waals surface area contributed by atoms with Gasteiger partial charge in [-0.05, 0) is 97.2 Å². The fourth-order valence-electron chi connectivity index (χ4n) is 9.82. The molecule has 0 aliphatic heterocycles. The summed E-state index contributed by atoms with van der Waals surface area (Å²) in [6.07, 6.45) is 0. The van der Waals surface area contributed by atoms with Gasteiger partial charge in [-0.3, -0.25) is 0 Å². The number of furan rings is 1. The maximum Gasteiger partial charge on any atom is 0.160 e. The first-order valence-electron chi connectivity index (χ1n) is 21.3. The predicted octanol–water partition coefficient (Wildman–Crippen LogP) is 15.8. The zero-order valence-electron chi connectivity index (χ0n) is 34.4. The summed E-state index contributed by atoms with van der Waals surface area (Å²) in [5.74, 6) is 0.676. The van der Waals surface area contributed by atoms with Gasteiger partial charge in [-0.15, -0.1) is 0 Å². The second kappa shape index (κ2) is 14.1. The van der Waals surface area contributed by atoms with E-state index < -0.39 is 0 Å². The SMILES string of the molecule is CC1(C)c2ccccc2-c2ccc(-c3ccccc3-c3cc(-c4cc(-c5cccc6ccccc56)cc(-c5cccc6c5oc5ccccc56)c4)nc(-c4ccccc4)n3)cc21. The smallest absolute Gasteiger partial charge is 0.160 e. The van der Waals surface area contributed by atoms with Crippen molar-refractivity contribution in [3.63, 3.8) is 0 Å². The van der Waals surface area contributed by atoms with Gasteiger partial charge in [-0.2, -0.15) is 0 Å². The zero-order chi connectivity index (χ0) is 41.4. The molecule has 0 N–H and O–H groups in total. The van der Waals surface area contributed by atoms with Crippen LogP contribution in [0.2, 0.25) is 0 Å². The number of rotatable bonds is 6. The first kappa shape index (κ1) is 36.0. The van der Waals surface area contributed by atoms with Crippen LogP contribution in [0, 0.1) is 0 Å². The molecule has 3 nitrogen and oxygen atoms in total. The molecule has 3 heteroatoms. The molecule has 0 spiro atoms. The summed E-state index contributed by atoms with van der Waals surface area (Å²) in [5.41, 5.74) is 18.3. The average Bonchev–Trinajstić information content (AvgIpc) is 3.83. The summed E-state index contributed by atoms with van der Waals surface area (Å²) in [4.78, 5) is 10.7. The Hall–Kier alpha value is -7.88. The van der Waals surface area contributed by atoms with Gasteiger partial charge in [0.05, 0.1) is 11.4 Å². The third-order valence-electron chi connectivity index (χ3n) is 12.9. The topological polar surface area (TPSA) is 38.9 Å². The molecule has 0 fully saturated rings. The molecule has 9 aromatic carbocycles. The molecule has 1 aliphatic carbocycles. The van der Waals surface area contributed by atoms with Crippen molar-refractivity contribution in [2.75, 3.05) is 0 Å². The third kappa shape index (κ3) is 5.81. The van der Waals surface area contributed by atoms with Crippen LogP contribution in [-0.2, 0) is 5.41 Å². The first-order valence-corrected chi connectivity index (χ1v) is 21.3. The zero-order valence-corrected chi connectivity index (χ0v) is 34.4. The lowest BCUT2D eigenvalue weighted by molar-refractivity contribution is 0.660. The molecule has 0 saturated heterocycles. The van der Waals surface area contributed by atoms with Crippen LogP contribution in [0.3, 0.4) is 0 Å². The third-order valence-corrected chi connectivity index (χ3v) is 12.9. The van der Waals surface area contributed by atoms with Crippen molar-refractivity contribution in [3.8, 4) is 78.4 Å². The van der Waals surface area contributed by atoms with Crippen LogP contribution in [0.4, 0.5) is 0 Å². The Bertz CT molecular complexity index is 3550. The molecular formula is C59H40N2O. The molecule has 0 atom stereocenters. The fourth-order valence-corrected chi connectivity index (χ4v) is 9.82. The monoisotopic (exact) mass is 792 g/mol. The van der Waals surface area contributed by atoms with Gasteiger partial charge in [0.2, 0.25) is 0 Å². The van der Waals surface area contributed by atoms with Crippen molar-refractivity contribution in [3.05, 3.63) is 217 Å². The van der Waals surface area contributed by atoms with Gasteiger partial charge in [-0.25, -0.2) is 9.97 Å². The molecule has 2 aromatic heterocycles. The lowest BCUT2D eigenvalue weighted by Gasteiger charge is -2.22. The van der Waals surface area contributed by atoms with Gasteiger partial charge in [0.1, 0.15) is 11.2 Å². The van der Waals surface area contributed by atoms with E-state index in [1.165, 1.54) is 38.6 Å². The Morgan fingerprint density at radius 3 is 1.82 bits per heavy atom. The predicted molar refractivity (Wildman–Crippen MR) is 257 cm³/mol. The maximum atomic E-state index is 6.64. The summed E-state index contributed by atoms with van der Waals surface area (Å²) < 4.78 is 6.64. The summed E-state index contributed by atoms with van der Waals surface area (Å²) in [6, 6.07) is 73.7. The van der Waals surface area contributed by atoms with E-state index in [0.717, 1.165) is 77.8 Å². The second-order valence-corrected chi connectivity index (χ2v) is 16.9. The van der Waals surface area contributed by atoms with Gasteiger partial charge in [0, 0.05) is 38.4 Å². The molecule has 0 saturated carbocycles. The van der Waals surface area contributed by atoms with E-state index in [-0.39, 0.29) is 5.41 Å². The first-order chi connectivity index (χ1) is 30.5. The van der Waals surface area contributed by atoms with Crippen LogP contribution >= 0.6 is 0 Å². The van der Waals surface area contributed by atoms with Gasteiger partial charge in [0.15, 0.2) is 5.82 Å². The van der Waals surface area contributed by atoms with Crippen LogP contribution in [0.1, 0.15) is 25.0 Å². The summed E-state index contributed by atoms with van der Waals surface area (Å²) in [6.45, 7) is 4.68. The Labute approximate surface area is 360 Å². The van der Waals surface area contributed by atoms with E-state index in [1.54, 1.807) is 0 Å². The Morgan fingerprint density at radius 1 is 0.355 bits per heavy atom. The van der Waals surface area contributed by atoms with Crippen molar-refractivity contribution >= 4 is 32.7 Å². The van der Waals surface area contributed by atoms with Crippen molar-refractivity contribution < 1.29 is 4.42 Å². The average molecular weight is 793 g/mol. The Kier molecular flexibility index (Phi) is 8.20. The lowest BCUT2D eigenvalue weighted by atomic mass is 9.81. The van der Waals surface area contributed by atoms with Crippen molar-refractivity contribution in [1.82, 2.24) is 9.97 Å². The van der Waals surface area contributed by atoms with Crippen molar-refractivity contribution in [2.24, 2.45) is 0 Å². The highest BCUT2D eigenvalue weighted by Gasteiger charge is 2.35. The Morgan fingerprint density at radius 2 is 0.952 bits per heavy atom. The highest BCUT2D eigenvalue weighted by atomic mass is 16.3. The summed E-state index contributed by atoms with van der Waals surface area (Å²) in [5, 5.41) is 4.60. The number of hydrogen-bond acceptors (Lipinski definition) is 3. The number of aromatic nitrogens is 2. The van der Waals surface area contributed by atoms with Crippen LogP contribution in [0.25, 0.3) is 111 Å². The van der Waals surface area contributed by atoms with Crippen molar-refractivity contribution in [2.45, 2.75) is 19.3 Å². The molecule has 0 bridgehead atoms. The van der Waals surface area contributed by atoms with Crippen LogP contribution in [-0.4, -0.2) is 9.97 Å². The van der Waals surface area contributed by atoms with E-state index in [1.807, 2.05) is 18.2 Å². The largest absolute Gasteiger partial charge is 0.455 e. The lowest BCUT2D eigenvalue weighted by Crippen LogP contribution is -2.14. The second-order valence-electron chi connectivity index (χ2n) is 16.9. The van der Waals surface area contributed by atoms with E-state index in [9.17, 15) is 0 Å². The molecule has 1 aliphatic rings. The molecular weight excluding hydrogens is 753 g/mol. The van der Waals surface area contributed by atoms with Crippen LogP contribution < -0.4 is 0 Å². The maximum absolute atomic E-state index is 6.64. The molecule has 11 aromatic rings. The minimum absolute atomic E-state index is 0.112. The minimum atomic E-state index is -0.112. The molecule has 0 unspecified atom stereocenters. The van der Waals surface area contributed by atoms with Gasteiger partial charge in [0.25, 0.3) is 0 Å². The van der Waals surface area contributed by atoms with E-state index in [0.29, 0.717) is 5.82 Å². The quantitative estimate of drug-likeness (QED) is 0.168. The molecule has 62 heavy (non-hydrogen) atoms. The number of hydrogen-bond donors (Lipinski definition) is 0. The van der Waals surface area contributed by atoms with Crippen LogP contribution in [0.15, 0.2) is 211 Å². The molecule has 0 amide bonds. The highest BCUT2D eigenvalue weighted by Crippen LogP contribution is 2.50. The minimum Gasteiger partial charge on any atom is -0.455 e. The molecule has 292 valence electrons. The highest BCUT2D eigenvalue weighted by molar-refractivity contribution is 6.10. The Balaban J connectivity index is 1.08. The number of nitrogens with zero attached hydrogens (tertiary/aromatic N) is 2. The number of para-hydroxylation sites is 2. The number of fused-ring (bicyclic) bond motifs is 7. The van der Waals surface area contributed by atoms with Gasteiger partial charge >= 0.3 is 0 Å². The van der Waals surface area contributed by atoms with Crippen LogP contribution in [0.5, 0.6) is 0 Å².